The van der Waals surface area contributed by atoms with Crippen molar-refractivity contribution in [3.8, 4) is 0 Å². The van der Waals surface area contributed by atoms with Crippen LogP contribution in [-0.2, 0) is 4.79 Å². The zero-order valence-corrected chi connectivity index (χ0v) is 8.02. The van der Waals surface area contributed by atoms with E-state index >= 15 is 0 Å². The zero-order chi connectivity index (χ0) is 10.1. The van der Waals surface area contributed by atoms with E-state index in [1.165, 1.54) is 0 Å². The second-order valence-corrected chi connectivity index (χ2v) is 4.14. The molecule has 0 aliphatic carbocycles. The van der Waals surface area contributed by atoms with E-state index in [1.807, 2.05) is 0 Å². The Morgan fingerprint density at radius 2 is 1.79 bits per heavy atom. The molecule has 1 amide bonds. The van der Waals surface area contributed by atoms with Crippen molar-refractivity contribution in [1.82, 2.24) is 10.2 Å². The summed E-state index contributed by atoms with van der Waals surface area (Å²) >= 11 is 0. The zero-order valence-electron chi connectivity index (χ0n) is 8.02. The number of nitrogens with one attached hydrogen (secondary N) is 1. The number of nitrogens with zero attached hydrogens (tertiary/aromatic N) is 1. The van der Waals surface area contributed by atoms with Gasteiger partial charge >= 0.3 is 0 Å². The quantitative estimate of drug-likeness (QED) is 0.465. The second-order valence-electron chi connectivity index (χ2n) is 4.14. The molecule has 14 heavy (non-hydrogen) atoms. The van der Waals surface area contributed by atoms with Gasteiger partial charge in [-0.3, -0.25) is 4.79 Å². The summed E-state index contributed by atoms with van der Waals surface area (Å²) in [4.78, 5) is 13.3. The summed E-state index contributed by atoms with van der Waals surface area (Å²) in [5.41, 5.74) is 0. The second kappa shape index (κ2) is 3.84. The maximum atomic E-state index is 11.7. The molecule has 5 nitrogen and oxygen atoms in total. The Labute approximate surface area is 82.7 Å². The van der Waals surface area contributed by atoms with Gasteiger partial charge in [0.05, 0.1) is 18.1 Å². The molecule has 2 rings (SSSR count). The van der Waals surface area contributed by atoms with Crippen LogP contribution in [0.25, 0.3) is 0 Å². The Kier molecular flexibility index (Phi) is 2.71. The number of piperidine rings is 1. The van der Waals surface area contributed by atoms with Crippen molar-refractivity contribution in [2.24, 2.45) is 5.92 Å². The number of rotatable bonds is 1. The molecule has 2 aliphatic heterocycles. The van der Waals surface area contributed by atoms with E-state index < -0.39 is 12.2 Å². The molecule has 0 saturated carbocycles. The minimum atomic E-state index is -0.573. The number of carbonyl (C=O) groups is 1. The summed E-state index contributed by atoms with van der Waals surface area (Å²) in [6, 6.07) is 0. The van der Waals surface area contributed by atoms with E-state index in [-0.39, 0.29) is 11.8 Å². The molecule has 0 aromatic heterocycles. The largest absolute Gasteiger partial charge is 0.391 e. The van der Waals surface area contributed by atoms with Gasteiger partial charge in [0, 0.05) is 32.6 Å². The van der Waals surface area contributed by atoms with Crippen LogP contribution in [0.4, 0.5) is 0 Å². The van der Waals surface area contributed by atoms with Crippen LogP contribution >= 0.6 is 0 Å². The third-order valence-corrected chi connectivity index (χ3v) is 2.85. The van der Waals surface area contributed by atoms with E-state index in [1.54, 1.807) is 4.90 Å². The van der Waals surface area contributed by atoms with Gasteiger partial charge in [0.2, 0.25) is 5.91 Å². The van der Waals surface area contributed by atoms with Gasteiger partial charge in [-0.2, -0.15) is 0 Å². The van der Waals surface area contributed by atoms with E-state index in [9.17, 15) is 15.0 Å². The average molecular weight is 200 g/mol. The Bertz CT molecular complexity index is 220. The Hall–Kier alpha value is -0.650. The highest BCUT2D eigenvalue weighted by atomic mass is 16.3. The van der Waals surface area contributed by atoms with Gasteiger partial charge in [-0.05, 0) is 0 Å². The molecule has 0 spiro atoms. The van der Waals surface area contributed by atoms with E-state index in [0.717, 1.165) is 13.1 Å². The van der Waals surface area contributed by atoms with Gasteiger partial charge in [-0.25, -0.2) is 0 Å². The normalized spacial score (nSPS) is 34.0. The molecule has 0 radical (unpaired) electrons. The topological polar surface area (TPSA) is 72.8 Å². The number of β-amino-alcohol motifs (C(OH)–C–C–N with tert-alkyl or cyclic N) is 2. The fourth-order valence-electron chi connectivity index (χ4n) is 1.95. The molecule has 2 aliphatic rings. The molecular weight excluding hydrogens is 184 g/mol. The van der Waals surface area contributed by atoms with Crippen molar-refractivity contribution in [2.75, 3.05) is 26.2 Å². The first-order valence-electron chi connectivity index (χ1n) is 5.02. The molecule has 2 atom stereocenters. The molecule has 0 aromatic rings. The highest BCUT2D eigenvalue weighted by Crippen LogP contribution is 2.15. The number of aliphatic hydroxyl groups is 2. The third-order valence-electron chi connectivity index (χ3n) is 2.85. The van der Waals surface area contributed by atoms with Crippen LogP contribution < -0.4 is 5.32 Å². The van der Waals surface area contributed by atoms with E-state index in [4.69, 9.17) is 0 Å². The van der Waals surface area contributed by atoms with Crippen molar-refractivity contribution in [3.05, 3.63) is 0 Å². The number of hydrogen-bond donors (Lipinski definition) is 3. The van der Waals surface area contributed by atoms with Crippen LogP contribution in [0.3, 0.4) is 0 Å². The molecule has 0 bridgehead atoms. The lowest BCUT2D eigenvalue weighted by Crippen LogP contribution is -2.56. The fourth-order valence-corrected chi connectivity index (χ4v) is 1.95. The van der Waals surface area contributed by atoms with E-state index in [2.05, 4.69) is 5.32 Å². The summed E-state index contributed by atoms with van der Waals surface area (Å²) in [5.74, 6) is 0.106. The van der Waals surface area contributed by atoms with E-state index in [0.29, 0.717) is 19.5 Å². The Balaban J connectivity index is 1.92. The van der Waals surface area contributed by atoms with Crippen molar-refractivity contribution in [3.63, 3.8) is 0 Å². The highest BCUT2D eigenvalue weighted by molar-refractivity contribution is 5.80. The van der Waals surface area contributed by atoms with Crippen LogP contribution in [0.5, 0.6) is 0 Å². The van der Waals surface area contributed by atoms with Gasteiger partial charge in [0.1, 0.15) is 0 Å². The monoisotopic (exact) mass is 200 g/mol. The van der Waals surface area contributed by atoms with Gasteiger partial charge in [0.15, 0.2) is 0 Å². The van der Waals surface area contributed by atoms with Crippen LogP contribution in [0.1, 0.15) is 6.42 Å². The first-order valence-corrected chi connectivity index (χ1v) is 5.02. The van der Waals surface area contributed by atoms with Crippen molar-refractivity contribution in [2.45, 2.75) is 18.6 Å². The maximum Gasteiger partial charge on any atom is 0.228 e. The molecule has 2 heterocycles. The van der Waals surface area contributed by atoms with Crippen molar-refractivity contribution in [1.29, 1.82) is 0 Å². The number of amides is 1. The van der Waals surface area contributed by atoms with Crippen LogP contribution in [0, 0.1) is 5.92 Å². The van der Waals surface area contributed by atoms with Gasteiger partial charge < -0.3 is 20.4 Å². The van der Waals surface area contributed by atoms with Gasteiger partial charge in [0.25, 0.3) is 0 Å². The summed E-state index contributed by atoms with van der Waals surface area (Å²) in [6.45, 7) is 2.18. The summed E-state index contributed by atoms with van der Waals surface area (Å²) in [6.07, 6.45) is -0.765. The standard InChI is InChI=1S/C9H16N2O3/c12-7-1-8(13)5-11(4-7)9(14)6-2-10-3-6/h6-8,10,12-13H,1-5H2/t7-,8+. The molecule has 2 saturated heterocycles. The molecular formula is C9H16N2O3. The number of carbonyl (C=O) groups excluding carboxylic acids is 1. The fraction of sp³-hybridized carbons (Fsp3) is 0.889. The van der Waals surface area contributed by atoms with Crippen LogP contribution in [-0.4, -0.2) is 59.4 Å². The minimum absolute atomic E-state index is 0.0486. The molecule has 0 aromatic carbocycles. The summed E-state index contributed by atoms with van der Waals surface area (Å²) in [7, 11) is 0. The van der Waals surface area contributed by atoms with Crippen molar-refractivity contribution >= 4 is 5.91 Å². The summed E-state index contributed by atoms with van der Waals surface area (Å²) in [5, 5.41) is 21.8. The smallest absolute Gasteiger partial charge is 0.228 e. The predicted molar refractivity (Wildman–Crippen MR) is 49.6 cm³/mol. The highest BCUT2D eigenvalue weighted by Gasteiger charge is 2.33. The molecule has 0 unspecified atom stereocenters. The summed E-state index contributed by atoms with van der Waals surface area (Å²) < 4.78 is 0. The number of aliphatic hydroxyl groups excluding tert-OH is 2. The van der Waals surface area contributed by atoms with Crippen LogP contribution in [0.15, 0.2) is 0 Å². The number of hydrogen-bond acceptors (Lipinski definition) is 4. The molecule has 3 N–H and O–H groups in total. The first-order chi connectivity index (χ1) is 6.66. The lowest BCUT2D eigenvalue weighted by Gasteiger charge is -2.37. The Morgan fingerprint density at radius 3 is 2.21 bits per heavy atom. The molecule has 2 fully saturated rings. The Morgan fingerprint density at radius 1 is 1.21 bits per heavy atom. The average Bonchev–Trinajstić information content (AvgIpc) is 1.98. The maximum absolute atomic E-state index is 11.7. The molecule has 5 heteroatoms. The van der Waals surface area contributed by atoms with Crippen LogP contribution in [0.2, 0.25) is 0 Å². The van der Waals surface area contributed by atoms with Gasteiger partial charge in [-0.15, -0.1) is 0 Å². The van der Waals surface area contributed by atoms with Gasteiger partial charge in [-0.1, -0.05) is 0 Å². The lowest BCUT2D eigenvalue weighted by molar-refractivity contribution is -0.143. The third kappa shape index (κ3) is 1.89. The first kappa shape index (κ1) is 9.89. The minimum Gasteiger partial charge on any atom is -0.391 e. The number of likely N-dealkylation sites (tertiary alicyclic amines) is 1. The van der Waals surface area contributed by atoms with Crippen molar-refractivity contribution < 1.29 is 15.0 Å². The molecule has 80 valence electrons. The lowest BCUT2D eigenvalue weighted by atomic mass is 9.98. The predicted octanol–water partition coefficient (Wildman–Crippen LogP) is -1.84. The SMILES string of the molecule is O=C(C1CNC1)N1C[C@H](O)C[C@H](O)C1.